The Morgan fingerprint density at radius 1 is 1.21 bits per heavy atom. The van der Waals surface area contributed by atoms with Gasteiger partial charge in [-0.1, -0.05) is 44.2 Å². The Bertz CT molecular complexity index is 646. The van der Waals surface area contributed by atoms with E-state index in [1.807, 2.05) is 13.2 Å². The number of aliphatic imine (C=N–C) groups is 1. The summed E-state index contributed by atoms with van der Waals surface area (Å²) in [6.07, 6.45) is 3.89. The van der Waals surface area contributed by atoms with E-state index in [1.165, 1.54) is 15.4 Å². The van der Waals surface area contributed by atoms with Gasteiger partial charge in [-0.15, -0.1) is 11.3 Å². The maximum atomic E-state index is 4.39. The second-order valence-corrected chi connectivity index (χ2v) is 8.11. The highest BCUT2D eigenvalue weighted by atomic mass is 32.1. The average Bonchev–Trinajstić information content (AvgIpc) is 2.96. The van der Waals surface area contributed by atoms with E-state index in [9.17, 15) is 0 Å². The molecule has 5 heteroatoms. The van der Waals surface area contributed by atoms with Gasteiger partial charge < -0.3 is 10.6 Å². The van der Waals surface area contributed by atoms with Crippen LogP contribution in [0.15, 0.2) is 41.5 Å². The molecule has 0 spiro atoms. The van der Waals surface area contributed by atoms with Gasteiger partial charge >= 0.3 is 0 Å². The highest BCUT2D eigenvalue weighted by Gasteiger charge is 2.18. The van der Waals surface area contributed by atoms with Crippen LogP contribution in [0, 0.1) is 12.3 Å². The van der Waals surface area contributed by atoms with Crippen LogP contribution in [0.25, 0.3) is 0 Å². The highest BCUT2D eigenvalue weighted by molar-refractivity contribution is 7.11. The fourth-order valence-electron chi connectivity index (χ4n) is 2.56. The molecule has 2 aromatic rings. The van der Waals surface area contributed by atoms with Crippen molar-refractivity contribution >= 4 is 17.3 Å². The molecule has 0 bridgehead atoms. The predicted octanol–water partition coefficient (Wildman–Crippen LogP) is 3.43. The minimum Gasteiger partial charge on any atom is -0.356 e. The van der Waals surface area contributed by atoms with Gasteiger partial charge in [-0.05, 0) is 24.3 Å². The SMILES string of the molecule is CN=C(NCCc1ncc(C)s1)NCC(C)(C)Cc1ccccc1. The van der Waals surface area contributed by atoms with Crippen LogP contribution >= 0.6 is 11.3 Å². The number of hydrogen-bond donors (Lipinski definition) is 2. The number of aryl methyl sites for hydroxylation is 1. The van der Waals surface area contributed by atoms with E-state index in [2.05, 4.69) is 71.7 Å². The van der Waals surface area contributed by atoms with Gasteiger partial charge in [0.2, 0.25) is 0 Å². The maximum Gasteiger partial charge on any atom is 0.191 e. The van der Waals surface area contributed by atoms with Crippen molar-refractivity contribution in [2.75, 3.05) is 20.1 Å². The van der Waals surface area contributed by atoms with E-state index < -0.39 is 0 Å². The van der Waals surface area contributed by atoms with Gasteiger partial charge in [0.1, 0.15) is 0 Å². The molecule has 0 unspecified atom stereocenters. The van der Waals surface area contributed by atoms with Gasteiger partial charge in [-0.25, -0.2) is 4.98 Å². The van der Waals surface area contributed by atoms with Crippen molar-refractivity contribution in [3.8, 4) is 0 Å². The van der Waals surface area contributed by atoms with Crippen LogP contribution in [0.2, 0.25) is 0 Å². The van der Waals surface area contributed by atoms with Crippen molar-refractivity contribution in [2.45, 2.75) is 33.6 Å². The summed E-state index contributed by atoms with van der Waals surface area (Å²) in [5.74, 6) is 0.851. The van der Waals surface area contributed by atoms with Crippen molar-refractivity contribution in [1.29, 1.82) is 0 Å². The molecule has 4 nitrogen and oxygen atoms in total. The second-order valence-electron chi connectivity index (χ2n) is 6.79. The van der Waals surface area contributed by atoms with Crippen LogP contribution in [0.4, 0.5) is 0 Å². The molecule has 1 aromatic heterocycles. The first-order valence-corrected chi connectivity index (χ1v) is 9.20. The zero-order chi connectivity index (χ0) is 17.4. The molecule has 0 aliphatic carbocycles. The van der Waals surface area contributed by atoms with E-state index in [-0.39, 0.29) is 5.41 Å². The molecule has 0 radical (unpaired) electrons. The molecule has 0 aliphatic heterocycles. The molecule has 0 amide bonds. The molecule has 0 saturated carbocycles. The standard InChI is InChI=1S/C19H28N4S/c1-15-13-22-17(24-15)10-11-21-18(20-4)23-14-19(2,3)12-16-8-6-5-7-9-16/h5-9,13H,10-12,14H2,1-4H3,(H2,20,21,23). The van der Waals surface area contributed by atoms with Crippen LogP contribution in [0.5, 0.6) is 0 Å². The summed E-state index contributed by atoms with van der Waals surface area (Å²) < 4.78 is 0. The third-order valence-electron chi connectivity index (χ3n) is 3.78. The third-order valence-corrected chi connectivity index (χ3v) is 4.76. The quantitative estimate of drug-likeness (QED) is 0.598. The molecule has 2 rings (SSSR count). The Kier molecular flexibility index (Phi) is 6.79. The number of nitrogens with one attached hydrogen (secondary N) is 2. The van der Waals surface area contributed by atoms with E-state index in [0.29, 0.717) is 0 Å². The van der Waals surface area contributed by atoms with Crippen LogP contribution in [-0.2, 0) is 12.8 Å². The number of hydrogen-bond acceptors (Lipinski definition) is 3. The Labute approximate surface area is 149 Å². The molecule has 1 aromatic carbocycles. The lowest BCUT2D eigenvalue weighted by Gasteiger charge is -2.26. The second kappa shape index (κ2) is 8.83. The smallest absolute Gasteiger partial charge is 0.191 e. The molecular weight excluding hydrogens is 316 g/mol. The van der Waals surface area contributed by atoms with Crippen LogP contribution in [0.3, 0.4) is 0 Å². The molecular formula is C19H28N4S. The monoisotopic (exact) mass is 344 g/mol. The molecule has 0 saturated heterocycles. The fourth-order valence-corrected chi connectivity index (χ4v) is 3.35. The van der Waals surface area contributed by atoms with E-state index >= 15 is 0 Å². The normalized spacial score (nSPS) is 12.2. The lowest BCUT2D eigenvalue weighted by Crippen LogP contribution is -2.43. The Balaban J connectivity index is 1.75. The summed E-state index contributed by atoms with van der Waals surface area (Å²) in [6.45, 7) is 8.35. The Morgan fingerprint density at radius 2 is 1.96 bits per heavy atom. The van der Waals surface area contributed by atoms with Crippen LogP contribution in [0.1, 0.15) is 29.3 Å². The topological polar surface area (TPSA) is 49.3 Å². The van der Waals surface area contributed by atoms with Gasteiger partial charge in [0.25, 0.3) is 0 Å². The molecule has 0 fully saturated rings. The number of benzene rings is 1. The largest absolute Gasteiger partial charge is 0.356 e. The summed E-state index contributed by atoms with van der Waals surface area (Å²) >= 11 is 1.75. The molecule has 2 N–H and O–H groups in total. The lowest BCUT2D eigenvalue weighted by molar-refractivity contribution is 0.359. The van der Waals surface area contributed by atoms with E-state index in [1.54, 1.807) is 11.3 Å². The fraction of sp³-hybridized carbons (Fsp3) is 0.474. The van der Waals surface area contributed by atoms with Crippen LogP contribution in [-0.4, -0.2) is 31.1 Å². The molecule has 0 atom stereocenters. The first-order valence-electron chi connectivity index (χ1n) is 8.38. The lowest BCUT2D eigenvalue weighted by atomic mass is 9.86. The number of nitrogens with zero attached hydrogens (tertiary/aromatic N) is 2. The van der Waals surface area contributed by atoms with Crippen molar-refractivity contribution in [3.05, 3.63) is 52.0 Å². The summed E-state index contributed by atoms with van der Waals surface area (Å²) in [7, 11) is 1.81. The Morgan fingerprint density at radius 3 is 2.58 bits per heavy atom. The van der Waals surface area contributed by atoms with Crippen molar-refractivity contribution in [2.24, 2.45) is 10.4 Å². The van der Waals surface area contributed by atoms with Gasteiger partial charge in [-0.3, -0.25) is 4.99 Å². The first kappa shape index (κ1) is 18.5. The number of guanidine groups is 1. The zero-order valence-electron chi connectivity index (χ0n) is 15.1. The predicted molar refractivity (Wildman–Crippen MR) is 104 cm³/mol. The van der Waals surface area contributed by atoms with Gasteiger partial charge in [0.05, 0.1) is 5.01 Å². The van der Waals surface area contributed by atoms with Gasteiger partial charge in [-0.2, -0.15) is 0 Å². The van der Waals surface area contributed by atoms with Crippen LogP contribution < -0.4 is 10.6 Å². The number of aromatic nitrogens is 1. The van der Waals surface area contributed by atoms with E-state index in [0.717, 1.165) is 31.9 Å². The zero-order valence-corrected chi connectivity index (χ0v) is 15.9. The Hall–Kier alpha value is -1.88. The molecule has 24 heavy (non-hydrogen) atoms. The van der Waals surface area contributed by atoms with Gasteiger partial charge in [0, 0.05) is 37.6 Å². The summed E-state index contributed by atoms with van der Waals surface area (Å²) in [5, 5.41) is 7.98. The van der Waals surface area contributed by atoms with Gasteiger partial charge in [0.15, 0.2) is 5.96 Å². The van der Waals surface area contributed by atoms with Crippen molar-refractivity contribution in [1.82, 2.24) is 15.6 Å². The number of thiazole rings is 1. The highest BCUT2D eigenvalue weighted by Crippen LogP contribution is 2.20. The average molecular weight is 345 g/mol. The minimum atomic E-state index is 0.158. The third kappa shape index (κ3) is 6.32. The first-order chi connectivity index (χ1) is 11.5. The molecule has 130 valence electrons. The van der Waals surface area contributed by atoms with Crippen molar-refractivity contribution < 1.29 is 0 Å². The summed E-state index contributed by atoms with van der Waals surface area (Å²) in [6, 6.07) is 10.6. The maximum absolute atomic E-state index is 4.39. The summed E-state index contributed by atoms with van der Waals surface area (Å²) in [5.41, 5.74) is 1.53. The molecule has 1 heterocycles. The number of rotatable bonds is 7. The van der Waals surface area contributed by atoms with Crippen molar-refractivity contribution in [3.63, 3.8) is 0 Å². The summed E-state index contributed by atoms with van der Waals surface area (Å²) in [4.78, 5) is 9.96. The minimum absolute atomic E-state index is 0.158. The molecule has 0 aliphatic rings. The van der Waals surface area contributed by atoms with E-state index in [4.69, 9.17) is 0 Å².